The van der Waals surface area contributed by atoms with Gasteiger partial charge in [-0.15, -0.1) is 5.10 Å². The molecule has 92 valence electrons. The van der Waals surface area contributed by atoms with Crippen LogP contribution in [0.5, 0.6) is 0 Å². The van der Waals surface area contributed by atoms with Gasteiger partial charge in [-0.3, -0.25) is 0 Å². The largest absolute Gasteiger partial charge is 0.380 e. The van der Waals surface area contributed by atoms with E-state index in [-0.39, 0.29) is 17.3 Å². The Hall–Kier alpha value is -2.70. The van der Waals surface area contributed by atoms with Crippen molar-refractivity contribution in [1.82, 2.24) is 10.3 Å². The standard InChI is InChI=1S/C11H12N6O/c1-7-2-4-8(5-3-7)6-14-15-10(12)9-11(13)17-18-16-9/h2-6H,1H3,(H2,12,15)(H2,13,17)/b14-6-. The molecule has 2 rings (SSSR count). The van der Waals surface area contributed by atoms with E-state index in [4.69, 9.17) is 11.5 Å². The molecule has 0 aliphatic carbocycles. The lowest BCUT2D eigenvalue weighted by Crippen LogP contribution is -2.15. The first-order valence-electron chi connectivity index (χ1n) is 5.18. The summed E-state index contributed by atoms with van der Waals surface area (Å²) in [7, 11) is 0. The third kappa shape index (κ3) is 2.70. The molecule has 0 unspecified atom stereocenters. The number of aromatic nitrogens is 2. The maximum atomic E-state index is 5.62. The van der Waals surface area contributed by atoms with E-state index in [9.17, 15) is 0 Å². The molecule has 1 aromatic heterocycles. The van der Waals surface area contributed by atoms with E-state index in [0.29, 0.717) is 0 Å². The Morgan fingerprint density at radius 3 is 2.61 bits per heavy atom. The van der Waals surface area contributed by atoms with Crippen LogP contribution in [0.1, 0.15) is 16.8 Å². The molecular formula is C11H12N6O. The molecule has 2 aromatic rings. The number of nitrogens with zero attached hydrogens (tertiary/aromatic N) is 4. The fourth-order valence-electron chi connectivity index (χ4n) is 1.23. The quantitative estimate of drug-likeness (QED) is 0.468. The Kier molecular flexibility index (Phi) is 3.33. The minimum Gasteiger partial charge on any atom is -0.380 e. The number of aryl methyl sites for hydroxylation is 1. The first-order chi connectivity index (χ1) is 8.66. The molecule has 1 aromatic carbocycles. The molecule has 0 spiro atoms. The molecule has 7 nitrogen and oxygen atoms in total. The lowest BCUT2D eigenvalue weighted by Gasteiger charge is -1.93. The Morgan fingerprint density at radius 2 is 2.00 bits per heavy atom. The summed E-state index contributed by atoms with van der Waals surface area (Å²) >= 11 is 0. The van der Waals surface area contributed by atoms with Crippen LogP contribution in [-0.2, 0) is 0 Å². The normalized spacial score (nSPS) is 12.2. The van der Waals surface area contributed by atoms with Crippen molar-refractivity contribution in [2.75, 3.05) is 5.73 Å². The Bertz CT molecular complexity index is 584. The summed E-state index contributed by atoms with van der Waals surface area (Å²) in [6, 6.07) is 7.81. The second kappa shape index (κ2) is 5.09. The Morgan fingerprint density at radius 1 is 1.28 bits per heavy atom. The van der Waals surface area contributed by atoms with E-state index in [1.54, 1.807) is 6.21 Å². The molecule has 18 heavy (non-hydrogen) atoms. The maximum absolute atomic E-state index is 5.62. The van der Waals surface area contributed by atoms with Crippen LogP contribution in [0.25, 0.3) is 0 Å². The molecule has 0 saturated carbocycles. The summed E-state index contributed by atoms with van der Waals surface area (Å²) in [5.41, 5.74) is 13.4. The summed E-state index contributed by atoms with van der Waals surface area (Å²) in [6.45, 7) is 2.01. The maximum Gasteiger partial charge on any atom is 0.199 e. The zero-order valence-corrected chi connectivity index (χ0v) is 9.74. The van der Waals surface area contributed by atoms with Gasteiger partial charge in [0.2, 0.25) is 0 Å². The van der Waals surface area contributed by atoms with Crippen LogP contribution >= 0.6 is 0 Å². The smallest absolute Gasteiger partial charge is 0.199 e. The summed E-state index contributed by atoms with van der Waals surface area (Å²) in [5.74, 6) is 0.138. The highest BCUT2D eigenvalue weighted by Gasteiger charge is 2.09. The van der Waals surface area contributed by atoms with Gasteiger partial charge in [0.05, 0.1) is 6.21 Å². The molecule has 4 N–H and O–H groups in total. The first-order valence-corrected chi connectivity index (χ1v) is 5.18. The minimum atomic E-state index is 0.0529. The lowest BCUT2D eigenvalue weighted by molar-refractivity contribution is 0.308. The van der Waals surface area contributed by atoms with Gasteiger partial charge in [-0.05, 0) is 22.8 Å². The number of benzene rings is 1. The number of nitrogen functional groups attached to an aromatic ring is 1. The average molecular weight is 244 g/mol. The van der Waals surface area contributed by atoms with Crippen LogP contribution in [0.3, 0.4) is 0 Å². The molecule has 0 atom stereocenters. The van der Waals surface area contributed by atoms with Crippen molar-refractivity contribution in [1.29, 1.82) is 0 Å². The first kappa shape index (κ1) is 11.8. The SMILES string of the molecule is Cc1ccc(/C=N\N=C(N)c2nonc2N)cc1. The van der Waals surface area contributed by atoms with Gasteiger partial charge in [-0.1, -0.05) is 29.8 Å². The highest BCUT2D eigenvalue weighted by atomic mass is 16.6. The monoisotopic (exact) mass is 244 g/mol. The second-order valence-corrected chi connectivity index (χ2v) is 3.64. The Balaban J connectivity index is 2.11. The van der Waals surface area contributed by atoms with Crippen LogP contribution in [0, 0.1) is 6.92 Å². The minimum absolute atomic E-state index is 0.0529. The van der Waals surface area contributed by atoms with Crippen LogP contribution in [0.2, 0.25) is 0 Å². The predicted molar refractivity (Wildman–Crippen MR) is 68.2 cm³/mol. The third-order valence-corrected chi connectivity index (χ3v) is 2.21. The zero-order chi connectivity index (χ0) is 13.0. The van der Waals surface area contributed by atoms with E-state index in [1.165, 1.54) is 5.56 Å². The van der Waals surface area contributed by atoms with E-state index in [0.717, 1.165) is 5.56 Å². The zero-order valence-electron chi connectivity index (χ0n) is 9.74. The number of hydrogen-bond acceptors (Lipinski definition) is 6. The molecule has 0 aliphatic heterocycles. The van der Waals surface area contributed by atoms with Gasteiger partial charge in [0, 0.05) is 0 Å². The molecule has 0 aliphatic rings. The molecule has 0 radical (unpaired) electrons. The summed E-state index contributed by atoms with van der Waals surface area (Å²) in [5, 5.41) is 14.5. The van der Waals surface area contributed by atoms with Crippen molar-refractivity contribution in [3.05, 3.63) is 41.1 Å². The van der Waals surface area contributed by atoms with Gasteiger partial charge in [0.25, 0.3) is 0 Å². The summed E-state index contributed by atoms with van der Waals surface area (Å²) in [4.78, 5) is 0. The summed E-state index contributed by atoms with van der Waals surface area (Å²) in [6.07, 6.45) is 1.58. The molecule has 0 fully saturated rings. The molecule has 1 heterocycles. The topological polar surface area (TPSA) is 116 Å². The van der Waals surface area contributed by atoms with Crippen LogP contribution in [0.15, 0.2) is 39.1 Å². The highest BCUT2D eigenvalue weighted by molar-refractivity contribution is 5.99. The third-order valence-electron chi connectivity index (χ3n) is 2.21. The van der Waals surface area contributed by atoms with Gasteiger partial charge in [-0.25, -0.2) is 4.63 Å². The van der Waals surface area contributed by atoms with Crippen molar-refractivity contribution in [2.45, 2.75) is 6.92 Å². The van der Waals surface area contributed by atoms with Gasteiger partial charge < -0.3 is 11.5 Å². The van der Waals surface area contributed by atoms with Crippen molar-refractivity contribution in [2.24, 2.45) is 15.9 Å². The Labute approximate surface area is 103 Å². The number of anilines is 1. The number of rotatable bonds is 3. The fraction of sp³-hybridized carbons (Fsp3) is 0.0909. The van der Waals surface area contributed by atoms with Crippen molar-refractivity contribution in [3.8, 4) is 0 Å². The number of hydrogen-bond donors (Lipinski definition) is 2. The lowest BCUT2D eigenvalue weighted by atomic mass is 10.2. The van der Waals surface area contributed by atoms with Crippen LogP contribution in [-0.4, -0.2) is 22.4 Å². The van der Waals surface area contributed by atoms with Gasteiger partial charge >= 0.3 is 0 Å². The van der Waals surface area contributed by atoms with E-state index in [1.807, 2.05) is 31.2 Å². The number of nitrogens with two attached hydrogens (primary N) is 2. The molecular weight excluding hydrogens is 232 g/mol. The highest BCUT2D eigenvalue weighted by Crippen LogP contribution is 2.03. The van der Waals surface area contributed by atoms with Crippen molar-refractivity contribution in [3.63, 3.8) is 0 Å². The van der Waals surface area contributed by atoms with E-state index < -0.39 is 0 Å². The van der Waals surface area contributed by atoms with Gasteiger partial charge in [-0.2, -0.15) is 5.10 Å². The van der Waals surface area contributed by atoms with Crippen molar-refractivity contribution >= 4 is 17.9 Å². The van der Waals surface area contributed by atoms with E-state index in [2.05, 4.69) is 25.1 Å². The van der Waals surface area contributed by atoms with Crippen LogP contribution in [0.4, 0.5) is 5.82 Å². The fourth-order valence-corrected chi connectivity index (χ4v) is 1.23. The molecule has 0 saturated heterocycles. The molecule has 7 heteroatoms. The molecule has 0 amide bonds. The summed E-state index contributed by atoms with van der Waals surface area (Å²) < 4.78 is 4.41. The predicted octanol–water partition coefficient (Wildman–Crippen LogP) is 0.700. The average Bonchev–Trinajstić information content (AvgIpc) is 2.78. The van der Waals surface area contributed by atoms with Crippen LogP contribution < -0.4 is 11.5 Å². The number of amidine groups is 1. The second-order valence-electron chi connectivity index (χ2n) is 3.64. The van der Waals surface area contributed by atoms with Gasteiger partial charge in [0.15, 0.2) is 17.3 Å². The molecule has 0 bridgehead atoms. The van der Waals surface area contributed by atoms with E-state index >= 15 is 0 Å². The van der Waals surface area contributed by atoms with Crippen molar-refractivity contribution < 1.29 is 4.63 Å². The van der Waals surface area contributed by atoms with Gasteiger partial charge in [0.1, 0.15) is 0 Å².